The Labute approximate surface area is 149 Å². The molecule has 25 heavy (non-hydrogen) atoms. The molecule has 0 bridgehead atoms. The van der Waals surface area contributed by atoms with E-state index in [1.165, 1.54) is 0 Å². The molecule has 1 aliphatic heterocycles. The molecule has 0 aromatic carbocycles. The number of likely N-dealkylation sites (tertiary alicyclic amines) is 1. The van der Waals surface area contributed by atoms with E-state index in [1.807, 2.05) is 20.8 Å². The van der Waals surface area contributed by atoms with Gasteiger partial charge >= 0.3 is 18.0 Å². The Bertz CT molecular complexity index is 495. The summed E-state index contributed by atoms with van der Waals surface area (Å²) >= 11 is 0. The molecule has 1 heterocycles. The fourth-order valence-electron chi connectivity index (χ4n) is 2.68. The van der Waals surface area contributed by atoms with E-state index in [4.69, 9.17) is 9.47 Å². The van der Waals surface area contributed by atoms with Gasteiger partial charge in [-0.15, -0.1) is 0 Å². The largest absolute Gasteiger partial charge is 0.481 e. The lowest BCUT2D eigenvalue weighted by molar-refractivity contribution is -0.167. The number of esters is 1. The highest BCUT2D eigenvalue weighted by Crippen LogP contribution is 2.27. The van der Waals surface area contributed by atoms with Crippen LogP contribution in [0.2, 0.25) is 0 Å². The summed E-state index contributed by atoms with van der Waals surface area (Å²) in [6.07, 6.45) is 1.16. The number of ether oxygens (including phenoxy) is 2. The minimum Gasteiger partial charge on any atom is -0.481 e. The SMILES string of the molecule is CC(C)(C)OC(=O)C(CC1CCN(C(=O)OC(C)(C)C)CC1)C(=O)O. The standard InChI is InChI=1S/C18H31NO6/c1-17(2,3)24-15(22)13(14(20)21)11-12-7-9-19(10-8-12)16(23)25-18(4,5)6/h12-13H,7-11H2,1-6H3,(H,20,21). The van der Waals surface area contributed by atoms with Crippen molar-refractivity contribution in [3.63, 3.8) is 0 Å². The Morgan fingerprint density at radius 2 is 1.48 bits per heavy atom. The number of nitrogens with zero attached hydrogens (tertiary/aromatic N) is 1. The second-order valence-corrected chi connectivity index (χ2v) is 8.57. The molecule has 1 rings (SSSR count). The third-order valence-corrected chi connectivity index (χ3v) is 3.82. The fourth-order valence-corrected chi connectivity index (χ4v) is 2.68. The Morgan fingerprint density at radius 1 is 1.00 bits per heavy atom. The van der Waals surface area contributed by atoms with E-state index in [9.17, 15) is 19.5 Å². The molecule has 7 nitrogen and oxygen atoms in total. The zero-order chi connectivity index (χ0) is 19.4. The molecule has 0 saturated carbocycles. The van der Waals surface area contributed by atoms with Crippen molar-refractivity contribution in [2.75, 3.05) is 13.1 Å². The molecule has 1 aliphatic rings. The average molecular weight is 357 g/mol. The van der Waals surface area contributed by atoms with Crippen LogP contribution in [0.5, 0.6) is 0 Å². The number of amides is 1. The zero-order valence-electron chi connectivity index (χ0n) is 16.1. The maximum absolute atomic E-state index is 12.1. The van der Waals surface area contributed by atoms with Gasteiger partial charge in [-0.25, -0.2) is 4.79 Å². The summed E-state index contributed by atoms with van der Waals surface area (Å²) in [6, 6.07) is 0. The number of rotatable bonds is 4. The maximum atomic E-state index is 12.1. The van der Waals surface area contributed by atoms with Crippen LogP contribution in [0.4, 0.5) is 4.79 Å². The molecule has 144 valence electrons. The van der Waals surface area contributed by atoms with E-state index in [1.54, 1.807) is 25.7 Å². The highest BCUT2D eigenvalue weighted by Gasteiger charge is 2.35. The van der Waals surface area contributed by atoms with Crippen LogP contribution in [0.25, 0.3) is 0 Å². The number of carbonyl (C=O) groups is 3. The van der Waals surface area contributed by atoms with Crippen LogP contribution < -0.4 is 0 Å². The minimum atomic E-state index is -1.17. The van der Waals surface area contributed by atoms with Gasteiger partial charge in [0.05, 0.1) is 0 Å². The van der Waals surface area contributed by atoms with Gasteiger partial charge in [0.1, 0.15) is 11.2 Å². The molecule has 1 unspecified atom stereocenters. The Kier molecular flexibility index (Phi) is 6.85. The second-order valence-electron chi connectivity index (χ2n) is 8.57. The van der Waals surface area contributed by atoms with E-state index in [2.05, 4.69) is 0 Å². The third kappa shape index (κ3) is 7.75. The Morgan fingerprint density at radius 3 is 1.88 bits per heavy atom. The lowest BCUT2D eigenvalue weighted by atomic mass is 9.87. The molecule has 1 atom stereocenters. The van der Waals surface area contributed by atoms with Crippen LogP contribution in [-0.2, 0) is 19.1 Å². The molecule has 0 aromatic heterocycles. The van der Waals surface area contributed by atoms with Crippen LogP contribution in [0, 0.1) is 11.8 Å². The summed E-state index contributed by atoms with van der Waals surface area (Å²) in [4.78, 5) is 37.2. The third-order valence-electron chi connectivity index (χ3n) is 3.82. The first-order valence-corrected chi connectivity index (χ1v) is 8.72. The topological polar surface area (TPSA) is 93.1 Å². The first-order valence-electron chi connectivity index (χ1n) is 8.72. The number of carboxylic acid groups (broad SMARTS) is 1. The van der Waals surface area contributed by atoms with Crippen LogP contribution in [0.3, 0.4) is 0 Å². The van der Waals surface area contributed by atoms with Gasteiger partial charge in [0.2, 0.25) is 0 Å². The van der Waals surface area contributed by atoms with Gasteiger partial charge in [-0.1, -0.05) is 0 Å². The predicted molar refractivity (Wildman–Crippen MR) is 92.1 cm³/mol. The van der Waals surface area contributed by atoms with Crippen molar-refractivity contribution in [1.29, 1.82) is 0 Å². The van der Waals surface area contributed by atoms with E-state index < -0.39 is 29.1 Å². The number of hydrogen-bond acceptors (Lipinski definition) is 5. The quantitative estimate of drug-likeness (QED) is 0.614. The summed E-state index contributed by atoms with van der Waals surface area (Å²) in [6.45, 7) is 11.6. The lowest BCUT2D eigenvalue weighted by Gasteiger charge is -2.34. The predicted octanol–water partition coefficient (Wildman–Crippen LogP) is 3.07. The molecule has 0 spiro atoms. The minimum absolute atomic E-state index is 0.0623. The normalized spacial score (nSPS) is 17.8. The molecule has 1 N–H and O–H groups in total. The molecular weight excluding hydrogens is 326 g/mol. The second kappa shape index (κ2) is 8.06. The molecule has 0 radical (unpaired) electrons. The Balaban J connectivity index is 2.57. The van der Waals surface area contributed by atoms with Crippen molar-refractivity contribution in [3.8, 4) is 0 Å². The van der Waals surface area contributed by atoms with Gasteiger partial charge in [0, 0.05) is 13.1 Å². The van der Waals surface area contributed by atoms with Crippen molar-refractivity contribution in [2.45, 2.75) is 72.0 Å². The summed E-state index contributed by atoms with van der Waals surface area (Å²) in [5.74, 6) is -2.97. The first-order chi connectivity index (χ1) is 11.3. The molecule has 0 aromatic rings. The van der Waals surface area contributed by atoms with E-state index in [-0.39, 0.29) is 18.4 Å². The van der Waals surface area contributed by atoms with Crippen molar-refractivity contribution < 1.29 is 29.0 Å². The average Bonchev–Trinajstić information content (AvgIpc) is 2.41. The van der Waals surface area contributed by atoms with Crippen LogP contribution in [0.1, 0.15) is 60.8 Å². The van der Waals surface area contributed by atoms with Gasteiger partial charge in [0.15, 0.2) is 5.92 Å². The van der Waals surface area contributed by atoms with Gasteiger partial charge in [-0.2, -0.15) is 0 Å². The van der Waals surface area contributed by atoms with Crippen molar-refractivity contribution >= 4 is 18.0 Å². The number of hydrogen-bond donors (Lipinski definition) is 1. The monoisotopic (exact) mass is 357 g/mol. The molecular formula is C18H31NO6. The van der Waals surface area contributed by atoms with Crippen LogP contribution in [-0.4, -0.2) is 52.3 Å². The summed E-state index contributed by atoms with van der Waals surface area (Å²) in [7, 11) is 0. The van der Waals surface area contributed by atoms with Crippen molar-refractivity contribution in [1.82, 2.24) is 4.90 Å². The molecule has 1 amide bonds. The fraction of sp³-hybridized carbons (Fsp3) is 0.833. The lowest BCUT2D eigenvalue weighted by Crippen LogP contribution is -2.42. The molecule has 0 aliphatic carbocycles. The van der Waals surface area contributed by atoms with Gasteiger partial charge in [-0.3, -0.25) is 9.59 Å². The summed E-state index contributed by atoms with van der Waals surface area (Å²) in [5, 5.41) is 9.35. The van der Waals surface area contributed by atoms with Gasteiger partial charge in [0.25, 0.3) is 0 Å². The van der Waals surface area contributed by atoms with E-state index in [0.717, 1.165) is 0 Å². The van der Waals surface area contributed by atoms with E-state index in [0.29, 0.717) is 25.9 Å². The maximum Gasteiger partial charge on any atom is 0.410 e. The number of aliphatic carboxylic acids is 1. The number of piperidine rings is 1. The molecule has 7 heteroatoms. The van der Waals surface area contributed by atoms with Crippen molar-refractivity contribution in [2.24, 2.45) is 11.8 Å². The van der Waals surface area contributed by atoms with Gasteiger partial charge in [-0.05, 0) is 66.7 Å². The summed E-state index contributed by atoms with van der Waals surface area (Å²) in [5.41, 5.74) is -1.26. The molecule has 1 saturated heterocycles. The van der Waals surface area contributed by atoms with Gasteiger partial charge < -0.3 is 19.5 Å². The number of carboxylic acids is 1. The zero-order valence-corrected chi connectivity index (χ0v) is 16.1. The Hall–Kier alpha value is -1.79. The van der Waals surface area contributed by atoms with Crippen LogP contribution in [0.15, 0.2) is 0 Å². The first kappa shape index (κ1) is 21.3. The van der Waals surface area contributed by atoms with Crippen LogP contribution >= 0.6 is 0 Å². The van der Waals surface area contributed by atoms with E-state index >= 15 is 0 Å². The van der Waals surface area contributed by atoms with Crippen molar-refractivity contribution in [3.05, 3.63) is 0 Å². The highest BCUT2D eigenvalue weighted by atomic mass is 16.6. The smallest absolute Gasteiger partial charge is 0.410 e. The highest BCUT2D eigenvalue weighted by molar-refractivity contribution is 5.94. The summed E-state index contributed by atoms with van der Waals surface area (Å²) < 4.78 is 10.6. The molecule has 1 fully saturated rings. The number of carbonyl (C=O) groups excluding carboxylic acids is 2.